The summed E-state index contributed by atoms with van der Waals surface area (Å²) in [6, 6.07) is 6.59. The highest BCUT2D eigenvalue weighted by molar-refractivity contribution is 6.55. The van der Waals surface area contributed by atoms with E-state index in [9.17, 15) is 9.50 Å². The second-order valence-corrected chi connectivity index (χ2v) is 6.66. The SMILES string of the molecule is CC1(C)OB(C(=Cc2ccc(CC#N)cc2F)CO)OC1(C)C. The molecule has 1 aliphatic rings. The van der Waals surface area contributed by atoms with E-state index in [1.54, 1.807) is 12.1 Å². The highest BCUT2D eigenvalue weighted by Crippen LogP contribution is 2.38. The summed E-state index contributed by atoms with van der Waals surface area (Å²) < 4.78 is 25.9. The number of aliphatic hydroxyl groups excluding tert-OH is 1. The highest BCUT2D eigenvalue weighted by Gasteiger charge is 2.52. The lowest BCUT2D eigenvalue weighted by Gasteiger charge is -2.32. The van der Waals surface area contributed by atoms with E-state index in [2.05, 4.69) is 0 Å². The van der Waals surface area contributed by atoms with Crippen molar-refractivity contribution < 1.29 is 18.8 Å². The Kier molecular flexibility index (Phi) is 4.95. The monoisotopic (exact) mass is 317 g/mol. The van der Waals surface area contributed by atoms with Crippen LogP contribution in [-0.2, 0) is 15.7 Å². The van der Waals surface area contributed by atoms with Crippen LogP contribution in [0, 0.1) is 17.1 Å². The van der Waals surface area contributed by atoms with Crippen LogP contribution in [0.5, 0.6) is 0 Å². The Labute approximate surface area is 136 Å². The van der Waals surface area contributed by atoms with Gasteiger partial charge in [0.2, 0.25) is 0 Å². The predicted molar refractivity (Wildman–Crippen MR) is 86.9 cm³/mol. The summed E-state index contributed by atoms with van der Waals surface area (Å²) in [6.07, 6.45) is 1.69. The number of hydrogen-bond donors (Lipinski definition) is 1. The van der Waals surface area contributed by atoms with Gasteiger partial charge in [-0.05, 0) is 44.8 Å². The first-order valence-corrected chi connectivity index (χ1v) is 7.52. The predicted octanol–water partition coefficient (Wildman–Crippen LogP) is 2.90. The van der Waals surface area contributed by atoms with Gasteiger partial charge in [-0.3, -0.25) is 0 Å². The third-order valence-electron chi connectivity index (χ3n) is 4.43. The molecule has 0 spiro atoms. The van der Waals surface area contributed by atoms with Crippen LogP contribution in [0.4, 0.5) is 4.39 Å². The molecule has 0 unspecified atom stereocenters. The summed E-state index contributed by atoms with van der Waals surface area (Å²) in [5, 5.41) is 18.3. The van der Waals surface area contributed by atoms with Gasteiger partial charge in [0.1, 0.15) is 5.82 Å². The first-order valence-electron chi connectivity index (χ1n) is 7.52. The Balaban J connectivity index is 2.29. The molecule has 1 N–H and O–H groups in total. The quantitative estimate of drug-likeness (QED) is 0.867. The first kappa shape index (κ1) is 17.7. The van der Waals surface area contributed by atoms with Crippen LogP contribution in [0.3, 0.4) is 0 Å². The third kappa shape index (κ3) is 3.64. The Hall–Kier alpha value is -1.68. The van der Waals surface area contributed by atoms with E-state index >= 15 is 0 Å². The van der Waals surface area contributed by atoms with E-state index in [0.717, 1.165) is 0 Å². The maximum atomic E-state index is 14.1. The standard InChI is InChI=1S/C17H21BFNO3/c1-16(2)17(3,4)23-18(22-16)14(11-21)10-13-6-5-12(7-8-20)9-15(13)19/h5-6,9-10,21H,7,11H2,1-4H3. The Morgan fingerprint density at radius 1 is 1.30 bits per heavy atom. The number of benzene rings is 1. The lowest BCUT2D eigenvalue weighted by Crippen LogP contribution is -2.41. The van der Waals surface area contributed by atoms with Gasteiger partial charge in [-0.25, -0.2) is 4.39 Å². The van der Waals surface area contributed by atoms with Gasteiger partial charge in [-0.1, -0.05) is 18.2 Å². The fourth-order valence-corrected chi connectivity index (χ4v) is 2.27. The Morgan fingerprint density at radius 3 is 2.39 bits per heavy atom. The van der Waals surface area contributed by atoms with Crippen LogP contribution >= 0.6 is 0 Å². The molecular formula is C17H21BFNO3. The zero-order chi connectivity index (χ0) is 17.3. The van der Waals surface area contributed by atoms with Crippen molar-refractivity contribution in [1.29, 1.82) is 5.26 Å². The third-order valence-corrected chi connectivity index (χ3v) is 4.43. The van der Waals surface area contributed by atoms with Crippen molar-refractivity contribution >= 4 is 13.2 Å². The van der Waals surface area contributed by atoms with Crippen LogP contribution in [-0.4, -0.2) is 30.0 Å². The molecule has 0 atom stereocenters. The molecule has 23 heavy (non-hydrogen) atoms. The van der Waals surface area contributed by atoms with Crippen molar-refractivity contribution in [3.63, 3.8) is 0 Å². The van der Waals surface area contributed by atoms with Crippen LogP contribution in [0.2, 0.25) is 0 Å². The van der Waals surface area contributed by atoms with Gasteiger partial charge >= 0.3 is 7.12 Å². The molecule has 1 fully saturated rings. The molecule has 4 nitrogen and oxygen atoms in total. The van der Waals surface area contributed by atoms with Crippen LogP contribution < -0.4 is 0 Å². The number of nitriles is 1. The van der Waals surface area contributed by atoms with Gasteiger partial charge in [-0.15, -0.1) is 0 Å². The fourth-order valence-electron chi connectivity index (χ4n) is 2.27. The zero-order valence-corrected chi connectivity index (χ0v) is 13.9. The second kappa shape index (κ2) is 6.44. The van der Waals surface area contributed by atoms with Crippen molar-refractivity contribution in [1.82, 2.24) is 0 Å². The lowest BCUT2D eigenvalue weighted by molar-refractivity contribution is 0.00578. The summed E-state index contributed by atoms with van der Waals surface area (Å²) in [5.41, 5.74) is 0.340. The number of aliphatic hydroxyl groups is 1. The summed E-state index contributed by atoms with van der Waals surface area (Å²) in [4.78, 5) is 0. The molecule has 6 heteroatoms. The summed E-state index contributed by atoms with van der Waals surface area (Å²) in [5.74, 6) is -0.444. The molecule has 122 valence electrons. The van der Waals surface area contributed by atoms with Crippen LogP contribution in [0.1, 0.15) is 38.8 Å². The minimum Gasteiger partial charge on any atom is -0.400 e. The molecule has 0 aromatic heterocycles. The van der Waals surface area contributed by atoms with E-state index in [-0.39, 0.29) is 13.0 Å². The largest absolute Gasteiger partial charge is 0.492 e. The maximum absolute atomic E-state index is 14.1. The molecule has 0 saturated carbocycles. The number of hydrogen-bond acceptors (Lipinski definition) is 4. The molecule has 1 heterocycles. The van der Waals surface area contributed by atoms with Crippen molar-refractivity contribution in [2.45, 2.75) is 45.3 Å². The molecule has 1 aromatic rings. The summed E-state index contributed by atoms with van der Waals surface area (Å²) >= 11 is 0. The molecule has 1 aromatic carbocycles. The molecule has 0 bridgehead atoms. The van der Waals surface area contributed by atoms with Gasteiger partial charge < -0.3 is 14.4 Å². The van der Waals surface area contributed by atoms with Crippen LogP contribution in [0.15, 0.2) is 23.7 Å². The van der Waals surface area contributed by atoms with E-state index in [1.165, 1.54) is 12.1 Å². The van der Waals surface area contributed by atoms with E-state index in [4.69, 9.17) is 14.6 Å². The molecule has 0 aliphatic carbocycles. The Morgan fingerprint density at radius 2 is 1.91 bits per heavy atom. The normalized spacial score (nSPS) is 19.7. The van der Waals surface area contributed by atoms with Gasteiger partial charge in [0.15, 0.2) is 0 Å². The topological polar surface area (TPSA) is 62.5 Å². The summed E-state index contributed by atoms with van der Waals surface area (Å²) in [7, 11) is -0.719. The minimum atomic E-state index is -0.719. The first-order chi connectivity index (χ1) is 10.7. The van der Waals surface area contributed by atoms with E-state index in [0.29, 0.717) is 16.6 Å². The Bertz CT molecular complexity index is 648. The van der Waals surface area contributed by atoms with Gasteiger partial charge in [0, 0.05) is 5.56 Å². The van der Waals surface area contributed by atoms with E-state index in [1.807, 2.05) is 33.8 Å². The second-order valence-electron chi connectivity index (χ2n) is 6.66. The van der Waals surface area contributed by atoms with Crippen molar-refractivity contribution in [3.8, 4) is 6.07 Å². The molecule has 1 aliphatic heterocycles. The van der Waals surface area contributed by atoms with Crippen LogP contribution in [0.25, 0.3) is 6.08 Å². The summed E-state index contributed by atoms with van der Waals surface area (Å²) in [6.45, 7) is 7.37. The molecule has 0 radical (unpaired) electrons. The van der Waals surface area contributed by atoms with Crippen molar-refractivity contribution in [2.24, 2.45) is 0 Å². The minimum absolute atomic E-state index is 0.158. The smallest absolute Gasteiger partial charge is 0.400 e. The van der Waals surface area contributed by atoms with E-state index < -0.39 is 24.1 Å². The average Bonchev–Trinajstić information content (AvgIpc) is 2.67. The fraction of sp³-hybridized carbons (Fsp3) is 0.471. The highest BCUT2D eigenvalue weighted by atomic mass is 19.1. The van der Waals surface area contributed by atoms with Gasteiger partial charge in [0.05, 0.1) is 30.3 Å². The van der Waals surface area contributed by atoms with Gasteiger partial charge in [-0.2, -0.15) is 5.26 Å². The molecule has 1 saturated heterocycles. The van der Waals surface area contributed by atoms with Gasteiger partial charge in [0.25, 0.3) is 0 Å². The van der Waals surface area contributed by atoms with Crippen molar-refractivity contribution in [2.75, 3.05) is 6.61 Å². The zero-order valence-electron chi connectivity index (χ0n) is 13.9. The molecule has 0 amide bonds. The maximum Gasteiger partial charge on any atom is 0.492 e. The number of nitrogens with zero attached hydrogens (tertiary/aromatic N) is 1. The lowest BCUT2D eigenvalue weighted by atomic mass is 9.77. The molecular weight excluding hydrogens is 296 g/mol. The average molecular weight is 317 g/mol. The number of rotatable bonds is 4. The molecule has 2 rings (SSSR count). The van der Waals surface area contributed by atoms with Crippen molar-refractivity contribution in [3.05, 3.63) is 40.6 Å². The number of halogens is 1.